The summed E-state index contributed by atoms with van der Waals surface area (Å²) in [7, 11) is 0. The maximum Gasteiger partial charge on any atom is 0.416 e. The molecule has 1 heterocycles. The van der Waals surface area contributed by atoms with E-state index in [1.54, 1.807) is 35.8 Å². The lowest BCUT2D eigenvalue weighted by Crippen LogP contribution is -2.34. The van der Waals surface area contributed by atoms with Crippen LogP contribution in [0.2, 0.25) is 0 Å². The molecule has 0 bridgehead atoms. The third-order valence-corrected chi connectivity index (χ3v) is 6.36. The number of carbonyl (C=O) groups is 2. The van der Waals surface area contributed by atoms with Gasteiger partial charge < -0.3 is 9.88 Å². The fraction of sp³-hybridized carbons (Fsp3) is 0.160. The van der Waals surface area contributed by atoms with Gasteiger partial charge in [-0.3, -0.25) is 9.59 Å². The van der Waals surface area contributed by atoms with Crippen LogP contribution in [0, 0.1) is 5.82 Å². The lowest BCUT2D eigenvalue weighted by atomic mass is 10.1. The van der Waals surface area contributed by atoms with Crippen LogP contribution in [0.1, 0.15) is 34.5 Å². The largest absolute Gasteiger partial charge is 0.416 e. The second kappa shape index (κ2) is 9.83. The lowest BCUT2D eigenvalue weighted by Gasteiger charge is -2.16. The van der Waals surface area contributed by atoms with Crippen molar-refractivity contribution in [1.29, 1.82) is 0 Å². The molecular weight excluding hydrogens is 482 g/mol. The van der Waals surface area contributed by atoms with Gasteiger partial charge in [-0.1, -0.05) is 47.7 Å². The van der Waals surface area contributed by atoms with E-state index in [0.29, 0.717) is 11.1 Å². The van der Waals surface area contributed by atoms with Crippen molar-refractivity contribution >= 4 is 33.4 Å². The van der Waals surface area contributed by atoms with Crippen molar-refractivity contribution in [1.82, 2.24) is 9.88 Å². The zero-order chi connectivity index (χ0) is 25.2. The fourth-order valence-corrected chi connectivity index (χ4v) is 4.64. The van der Waals surface area contributed by atoms with Crippen molar-refractivity contribution < 1.29 is 27.2 Å². The number of alkyl halides is 3. The van der Waals surface area contributed by atoms with Gasteiger partial charge in [0.25, 0.3) is 5.91 Å². The minimum Gasteiger partial charge on any atom is -0.350 e. The molecule has 10 heteroatoms. The molecule has 0 unspecified atom stereocenters. The van der Waals surface area contributed by atoms with Crippen LogP contribution in [0.5, 0.6) is 0 Å². The second-order valence-corrected chi connectivity index (χ2v) is 8.72. The van der Waals surface area contributed by atoms with Gasteiger partial charge in [-0.25, -0.2) is 4.39 Å². The third-order valence-electron chi connectivity index (χ3n) is 5.32. The highest BCUT2D eigenvalue weighted by Crippen LogP contribution is 2.29. The van der Waals surface area contributed by atoms with Gasteiger partial charge in [0.2, 0.25) is 5.91 Å². The number of rotatable bonds is 5. The van der Waals surface area contributed by atoms with E-state index in [2.05, 4.69) is 10.3 Å². The summed E-state index contributed by atoms with van der Waals surface area (Å²) < 4.78 is 55.3. The van der Waals surface area contributed by atoms with E-state index in [1.807, 2.05) is 0 Å². The van der Waals surface area contributed by atoms with Crippen molar-refractivity contribution in [3.8, 4) is 0 Å². The van der Waals surface area contributed by atoms with Crippen molar-refractivity contribution in [2.75, 3.05) is 0 Å². The Bertz CT molecular complexity index is 1470. The normalized spacial score (nSPS) is 13.1. The van der Waals surface area contributed by atoms with E-state index in [4.69, 9.17) is 0 Å². The monoisotopic (exact) mass is 501 g/mol. The molecule has 1 atom stereocenters. The fourth-order valence-electron chi connectivity index (χ4n) is 3.54. The molecule has 4 aromatic rings. The van der Waals surface area contributed by atoms with Crippen LogP contribution in [0.25, 0.3) is 10.2 Å². The van der Waals surface area contributed by atoms with Gasteiger partial charge >= 0.3 is 6.18 Å². The molecule has 1 N–H and O–H groups in total. The third kappa shape index (κ3) is 5.32. The molecular formula is C25H19F4N3O2S. The molecule has 4 rings (SSSR count). The molecule has 0 spiro atoms. The van der Waals surface area contributed by atoms with Gasteiger partial charge in [-0.05, 0) is 48.9 Å². The predicted molar refractivity (Wildman–Crippen MR) is 124 cm³/mol. The summed E-state index contributed by atoms with van der Waals surface area (Å²) in [5.74, 6) is -1.98. The topological polar surface area (TPSA) is 63.5 Å². The van der Waals surface area contributed by atoms with E-state index in [1.165, 1.54) is 41.7 Å². The molecule has 0 fully saturated rings. The Morgan fingerprint density at radius 2 is 1.74 bits per heavy atom. The first-order chi connectivity index (χ1) is 16.6. The molecule has 5 nitrogen and oxygen atoms in total. The molecule has 0 radical (unpaired) electrons. The zero-order valence-electron chi connectivity index (χ0n) is 18.3. The van der Waals surface area contributed by atoms with Crippen molar-refractivity contribution in [2.45, 2.75) is 25.7 Å². The van der Waals surface area contributed by atoms with Crippen LogP contribution in [-0.2, 0) is 17.5 Å². The predicted octanol–water partition coefficient (Wildman–Crippen LogP) is 5.48. The first-order valence-corrected chi connectivity index (χ1v) is 11.3. The number of amides is 2. The number of fused-ring (bicyclic) bond motifs is 1. The number of para-hydroxylation sites is 1. The van der Waals surface area contributed by atoms with E-state index in [-0.39, 0.29) is 16.9 Å². The number of nitrogens with zero attached hydrogens (tertiary/aromatic N) is 2. The Hall–Kier alpha value is -3.79. The summed E-state index contributed by atoms with van der Waals surface area (Å²) in [6.07, 6.45) is -4.49. The minimum atomic E-state index is -4.49. The number of aromatic nitrogens is 1. The first-order valence-electron chi connectivity index (χ1n) is 10.5. The summed E-state index contributed by atoms with van der Waals surface area (Å²) in [5.41, 5.74) is -0.0686. The van der Waals surface area contributed by atoms with Crippen LogP contribution >= 0.6 is 11.3 Å². The minimum absolute atomic E-state index is 0.115. The van der Waals surface area contributed by atoms with Crippen LogP contribution in [0.15, 0.2) is 77.8 Å². The molecule has 3 aromatic carbocycles. The van der Waals surface area contributed by atoms with Crippen molar-refractivity contribution in [2.24, 2.45) is 4.99 Å². The highest BCUT2D eigenvalue weighted by atomic mass is 32.1. The van der Waals surface area contributed by atoms with Gasteiger partial charge in [-0.15, -0.1) is 0 Å². The molecule has 0 aliphatic carbocycles. The maximum absolute atomic E-state index is 14.1. The van der Waals surface area contributed by atoms with Crippen molar-refractivity contribution in [3.63, 3.8) is 0 Å². The van der Waals surface area contributed by atoms with Gasteiger partial charge in [0.1, 0.15) is 11.9 Å². The summed E-state index contributed by atoms with van der Waals surface area (Å²) in [4.78, 5) is 29.9. The molecule has 180 valence electrons. The molecule has 0 aliphatic rings. The molecule has 0 saturated heterocycles. The number of benzene rings is 3. The SMILES string of the molecule is C[C@@H](C(=O)NCc1cccc(C(F)(F)F)c1)n1c(=NC(=O)c2ccccc2F)sc2ccccc21. The molecule has 1 aromatic heterocycles. The van der Waals surface area contributed by atoms with Crippen LogP contribution in [-0.4, -0.2) is 16.4 Å². The molecule has 0 saturated carbocycles. The number of hydrogen-bond donors (Lipinski definition) is 1. The smallest absolute Gasteiger partial charge is 0.350 e. The standard InChI is InChI=1S/C25H19F4N3O2S/c1-15(22(33)30-14-16-7-6-8-17(13-16)25(27,28)29)32-20-11-4-5-12-21(20)35-24(32)31-23(34)18-9-2-3-10-19(18)26/h2-13,15H,14H2,1H3,(H,30,33)/t15-/m0/s1. The van der Waals surface area contributed by atoms with Gasteiger partial charge in [-0.2, -0.15) is 18.2 Å². The van der Waals surface area contributed by atoms with Crippen molar-refractivity contribution in [3.05, 3.63) is 100 Å². The Morgan fingerprint density at radius 3 is 2.49 bits per heavy atom. The Kier molecular flexibility index (Phi) is 6.83. The van der Waals surface area contributed by atoms with E-state index >= 15 is 0 Å². The highest BCUT2D eigenvalue weighted by molar-refractivity contribution is 7.16. The number of halogens is 4. The number of thiazole rings is 1. The molecule has 2 amide bonds. The number of nitrogens with one attached hydrogen (secondary N) is 1. The van der Waals surface area contributed by atoms with Crippen LogP contribution < -0.4 is 10.1 Å². The Labute approximate surface area is 201 Å². The van der Waals surface area contributed by atoms with E-state index in [0.717, 1.165) is 22.9 Å². The van der Waals surface area contributed by atoms with Crippen LogP contribution in [0.4, 0.5) is 17.6 Å². The average Bonchev–Trinajstić information content (AvgIpc) is 3.19. The zero-order valence-corrected chi connectivity index (χ0v) is 19.2. The summed E-state index contributed by atoms with van der Waals surface area (Å²) in [5, 5.41) is 2.64. The van der Waals surface area contributed by atoms with Crippen LogP contribution in [0.3, 0.4) is 0 Å². The summed E-state index contributed by atoms with van der Waals surface area (Å²) >= 11 is 1.17. The molecule has 0 aliphatic heterocycles. The summed E-state index contributed by atoms with van der Waals surface area (Å²) in [6.45, 7) is 1.48. The highest BCUT2D eigenvalue weighted by Gasteiger charge is 2.30. The number of hydrogen-bond acceptors (Lipinski definition) is 3. The van der Waals surface area contributed by atoms with E-state index < -0.39 is 35.4 Å². The second-order valence-electron chi connectivity index (χ2n) is 7.71. The Morgan fingerprint density at radius 1 is 1.03 bits per heavy atom. The molecule has 35 heavy (non-hydrogen) atoms. The van der Waals surface area contributed by atoms with Gasteiger partial charge in [0.15, 0.2) is 4.80 Å². The van der Waals surface area contributed by atoms with E-state index in [9.17, 15) is 27.2 Å². The lowest BCUT2D eigenvalue weighted by molar-refractivity contribution is -0.137. The first kappa shape index (κ1) is 24.3. The van der Waals surface area contributed by atoms with Gasteiger partial charge in [0.05, 0.1) is 21.3 Å². The number of carbonyl (C=O) groups excluding carboxylic acids is 2. The summed E-state index contributed by atoms with van der Waals surface area (Å²) in [6, 6.07) is 16.4. The average molecular weight is 502 g/mol. The maximum atomic E-state index is 14.1. The quantitative estimate of drug-likeness (QED) is 0.368. The Balaban J connectivity index is 1.64. The van der Waals surface area contributed by atoms with Gasteiger partial charge in [0, 0.05) is 6.54 Å².